The Morgan fingerprint density at radius 3 is 2.26 bits per heavy atom. The van der Waals surface area contributed by atoms with Gasteiger partial charge in [0.25, 0.3) is 0 Å². The van der Waals surface area contributed by atoms with Crippen LogP contribution in [0, 0.1) is 0 Å². The van der Waals surface area contributed by atoms with Crippen molar-refractivity contribution in [1.82, 2.24) is 0 Å². The summed E-state index contributed by atoms with van der Waals surface area (Å²) < 4.78 is 92.7. The molecule has 4 nitrogen and oxygen atoms in total. The molecule has 0 aliphatic carbocycles. The van der Waals surface area contributed by atoms with Gasteiger partial charge in [-0.15, -0.1) is 0 Å². The van der Waals surface area contributed by atoms with Crippen molar-refractivity contribution >= 4 is 5.97 Å². The van der Waals surface area contributed by atoms with Crippen LogP contribution < -0.4 is 9.47 Å². The van der Waals surface area contributed by atoms with Gasteiger partial charge in [0.2, 0.25) is 0 Å². The van der Waals surface area contributed by atoms with Crippen molar-refractivity contribution in [2.24, 2.45) is 0 Å². The van der Waals surface area contributed by atoms with E-state index in [4.69, 9.17) is 14.6 Å². The zero-order chi connectivity index (χ0) is 28.8. The third kappa shape index (κ3) is 8.15. The molecule has 39 heavy (non-hydrogen) atoms. The van der Waals surface area contributed by atoms with Crippen LogP contribution >= 0.6 is 0 Å². The lowest BCUT2D eigenvalue weighted by atomic mass is 9.96. The van der Waals surface area contributed by atoms with Gasteiger partial charge in [0.15, 0.2) is 0 Å². The molecule has 0 heterocycles. The maximum Gasteiger partial charge on any atom is 0.417 e. The summed E-state index contributed by atoms with van der Waals surface area (Å²) in [4.78, 5) is 10.9. The third-order valence-electron chi connectivity index (χ3n) is 6.12. The fraction of sp³-hybridized carbons (Fsp3) is 0.345. The second-order valence-corrected chi connectivity index (χ2v) is 9.00. The van der Waals surface area contributed by atoms with E-state index in [9.17, 15) is 31.1 Å². The Morgan fingerprint density at radius 1 is 0.897 bits per heavy atom. The van der Waals surface area contributed by atoms with Gasteiger partial charge < -0.3 is 14.6 Å². The van der Waals surface area contributed by atoms with Gasteiger partial charge in [-0.2, -0.15) is 26.3 Å². The van der Waals surface area contributed by atoms with Gasteiger partial charge in [0.05, 0.1) is 23.8 Å². The fourth-order valence-electron chi connectivity index (χ4n) is 4.11. The number of halogens is 6. The molecule has 0 spiro atoms. The molecule has 1 N–H and O–H groups in total. The highest BCUT2D eigenvalue weighted by Crippen LogP contribution is 2.43. The van der Waals surface area contributed by atoms with Gasteiger partial charge in [0, 0.05) is 18.4 Å². The number of aryl methyl sites for hydroxylation is 2. The SMILES string of the molecule is CCc1cc(OCC[C@H](C)Oc2ccc(C(F)(F)F)cc2-c2ccccc2C(F)(F)F)ccc1CCC(=O)O. The van der Waals surface area contributed by atoms with Crippen molar-refractivity contribution in [2.45, 2.75) is 58.0 Å². The lowest BCUT2D eigenvalue weighted by Crippen LogP contribution is -2.17. The molecule has 0 saturated carbocycles. The Labute approximate surface area is 222 Å². The predicted molar refractivity (Wildman–Crippen MR) is 134 cm³/mol. The number of aliphatic carboxylic acids is 1. The van der Waals surface area contributed by atoms with Gasteiger partial charge in [-0.3, -0.25) is 4.79 Å². The highest BCUT2D eigenvalue weighted by atomic mass is 19.4. The van der Waals surface area contributed by atoms with Crippen molar-refractivity contribution in [3.05, 3.63) is 82.9 Å². The van der Waals surface area contributed by atoms with E-state index >= 15 is 0 Å². The number of hydrogen-bond acceptors (Lipinski definition) is 3. The summed E-state index contributed by atoms with van der Waals surface area (Å²) >= 11 is 0. The molecular weight excluding hydrogens is 526 g/mol. The Balaban J connectivity index is 1.76. The van der Waals surface area contributed by atoms with Crippen LogP contribution in [-0.2, 0) is 30.0 Å². The lowest BCUT2D eigenvalue weighted by Gasteiger charge is -2.21. The fourth-order valence-corrected chi connectivity index (χ4v) is 4.11. The molecule has 1 atom stereocenters. The van der Waals surface area contributed by atoms with Crippen LogP contribution in [-0.4, -0.2) is 23.8 Å². The number of carbonyl (C=O) groups is 1. The van der Waals surface area contributed by atoms with Gasteiger partial charge in [-0.1, -0.05) is 31.2 Å². The van der Waals surface area contributed by atoms with Crippen molar-refractivity contribution in [3.63, 3.8) is 0 Å². The van der Waals surface area contributed by atoms with E-state index < -0.39 is 41.1 Å². The molecule has 3 aromatic rings. The van der Waals surface area contributed by atoms with Crippen LogP contribution in [0.3, 0.4) is 0 Å². The maximum absolute atomic E-state index is 13.6. The molecule has 3 rings (SSSR count). The topological polar surface area (TPSA) is 55.8 Å². The number of carboxylic acid groups (broad SMARTS) is 1. The molecule has 0 saturated heterocycles. The summed E-state index contributed by atoms with van der Waals surface area (Å²) in [6, 6.07) is 12.3. The Bertz CT molecular complexity index is 1280. The monoisotopic (exact) mass is 554 g/mol. The first-order valence-electron chi connectivity index (χ1n) is 12.3. The van der Waals surface area contributed by atoms with E-state index in [1.54, 1.807) is 13.0 Å². The first-order chi connectivity index (χ1) is 18.3. The molecule has 0 fully saturated rings. The molecule has 10 heteroatoms. The summed E-state index contributed by atoms with van der Waals surface area (Å²) in [6.45, 7) is 3.76. The summed E-state index contributed by atoms with van der Waals surface area (Å²) in [5.74, 6) is -0.430. The second kappa shape index (κ2) is 12.4. The van der Waals surface area contributed by atoms with Gasteiger partial charge in [-0.05, 0) is 72.9 Å². The van der Waals surface area contributed by atoms with Crippen LogP contribution in [0.15, 0.2) is 60.7 Å². The molecule has 0 bridgehead atoms. The van der Waals surface area contributed by atoms with E-state index in [0.717, 1.165) is 35.4 Å². The van der Waals surface area contributed by atoms with E-state index in [1.165, 1.54) is 12.1 Å². The summed E-state index contributed by atoms with van der Waals surface area (Å²) in [5.41, 5.74) is -1.01. The van der Waals surface area contributed by atoms with Crippen LogP contribution in [0.25, 0.3) is 11.1 Å². The molecule has 210 valence electrons. The van der Waals surface area contributed by atoms with Crippen LogP contribution in [0.4, 0.5) is 26.3 Å². The van der Waals surface area contributed by atoms with Crippen molar-refractivity contribution in [1.29, 1.82) is 0 Å². The zero-order valence-electron chi connectivity index (χ0n) is 21.3. The molecule has 0 radical (unpaired) electrons. The maximum atomic E-state index is 13.6. The first-order valence-corrected chi connectivity index (χ1v) is 12.3. The molecule has 0 aliphatic heterocycles. The zero-order valence-corrected chi connectivity index (χ0v) is 21.3. The minimum atomic E-state index is -4.78. The summed E-state index contributed by atoms with van der Waals surface area (Å²) in [7, 11) is 0. The average Bonchev–Trinajstić information content (AvgIpc) is 2.86. The second-order valence-electron chi connectivity index (χ2n) is 9.00. The van der Waals surface area contributed by atoms with Gasteiger partial charge in [-0.25, -0.2) is 0 Å². The number of hydrogen-bond donors (Lipinski definition) is 1. The molecule has 3 aromatic carbocycles. The average molecular weight is 555 g/mol. The molecular formula is C29H28F6O4. The van der Waals surface area contributed by atoms with Crippen LogP contribution in [0.5, 0.6) is 11.5 Å². The van der Waals surface area contributed by atoms with Gasteiger partial charge >= 0.3 is 18.3 Å². The summed E-state index contributed by atoms with van der Waals surface area (Å²) in [5, 5.41) is 8.91. The highest BCUT2D eigenvalue weighted by Gasteiger charge is 2.36. The van der Waals surface area contributed by atoms with E-state index in [0.29, 0.717) is 31.1 Å². The number of ether oxygens (including phenoxy) is 2. The Hall–Kier alpha value is -3.69. The predicted octanol–water partition coefficient (Wildman–Crippen LogP) is 8.21. The van der Waals surface area contributed by atoms with E-state index in [-0.39, 0.29) is 24.3 Å². The highest BCUT2D eigenvalue weighted by molar-refractivity contribution is 5.75. The quantitative estimate of drug-likeness (QED) is 0.243. The van der Waals surface area contributed by atoms with E-state index in [2.05, 4.69) is 0 Å². The lowest BCUT2D eigenvalue weighted by molar-refractivity contribution is -0.138. The number of benzene rings is 3. The standard InChI is InChI=1S/C29H28F6O4/c1-3-19-16-22(11-8-20(19)9-13-27(36)37)38-15-14-18(2)39-26-12-10-21(28(30,31)32)17-24(26)23-6-4-5-7-25(23)29(33,34)35/h4-8,10-12,16-18H,3,9,13-15H2,1-2H3,(H,36,37)/t18-/m0/s1. The molecule has 0 aliphatic rings. The molecule has 0 unspecified atom stereocenters. The normalized spacial score (nSPS) is 12.7. The number of rotatable bonds is 11. The van der Waals surface area contributed by atoms with Crippen molar-refractivity contribution < 1.29 is 45.7 Å². The van der Waals surface area contributed by atoms with Gasteiger partial charge in [0.1, 0.15) is 11.5 Å². The Morgan fingerprint density at radius 2 is 1.62 bits per heavy atom. The number of alkyl halides is 6. The molecule has 0 amide bonds. The smallest absolute Gasteiger partial charge is 0.417 e. The third-order valence-corrected chi connectivity index (χ3v) is 6.12. The molecule has 0 aromatic heterocycles. The van der Waals surface area contributed by atoms with Crippen LogP contribution in [0.2, 0.25) is 0 Å². The minimum Gasteiger partial charge on any atom is -0.493 e. The first kappa shape index (κ1) is 29.9. The van der Waals surface area contributed by atoms with Crippen molar-refractivity contribution in [2.75, 3.05) is 6.61 Å². The minimum absolute atomic E-state index is 0.0153. The van der Waals surface area contributed by atoms with E-state index in [1.807, 2.05) is 19.1 Å². The Kier molecular flexibility index (Phi) is 9.53. The number of carboxylic acids is 1. The van der Waals surface area contributed by atoms with Crippen LogP contribution in [0.1, 0.15) is 48.9 Å². The largest absolute Gasteiger partial charge is 0.493 e. The summed E-state index contributed by atoms with van der Waals surface area (Å²) in [6.07, 6.45) is -8.73. The van der Waals surface area contributed by atoms with Crippen molar-refractivity contribution in [3.8, 4) is 22.6 Å².